The number of aromatic nitrogens is 2. The predicted octanol–water partition coefficient (Wildman–Crippen LogP) is 2.12. The van der Waals surface area contributed by atoms with E-state index >= 15 is 0 Å². The second-order valence-electron chi connectivity index (χ2n) is 3.64. The highest BCUT2D eigenvalue weighted by Gasteiger charge is 2.02. The van der Waals surface area contributed by atoms with Crippen molar-refractivity contribution in [2.24, 2.45) is 0 Å². The van der Waals surface area contributed by atoms with Crippen molar-refractivity contribution < 1.29 is 0 Å². The van der Waals surface area contributed by atoms with Gasteiger partial charge in [0.1, 0.15) is 0 Å². The quantitative estimate of drug-likeness (QED) is 0.838. The van der Waals surface area contributed by atoms with Gasteiger partial charge in [-0.1, -0.05) is 0 Å². The SMILES string of the molecule is CC(Cn1cccn1)NCc1ccsc1. The summed E-state index contributed by atoms with van der Waals surface area (Å²) in [5.74, 6) is 0. The maximum Gasteiger partial charge on any atom is 0.0560 e. The van der Waals surface area contributed by atoms with Gasteiger partial charge in [-0.15, -0.1) is 0 Å². The minimum atomic E-state index is 0.435. The molecule has 2 aromatic rings. The first kappa shape index (κ1) is 10.4. The molecule has 0 saturated heterocycles. The molecule has 2 heterocycles. The Bertz CT molecular complexity index is 366. The van der Waals surface area contributed by atoms with Gasteiger partial charge in [-0.05, 0) is 35.4 Å². The minimum absolute atomic E-state index is 0.435. The van der Waals surface area contributed by atoms with Crippen molar-refractivity contribution in [1.82, 2.24) is 15.1 Å². The first-order valence-electron chi connectivity index (χ1n) is 5.06. The molecule has 0 spiro atoms. The Balaban J connectivity index is 1.76. The summed E-state index contributed by atoms with van der Waals surface area (Å²) in [5, 5.41) is 11.9. The summed E-state index contributed by atoms with van der Waals surface area (Å²) in [6.07, 6.45) is 3.80. The zero-order chi connectivity index (χ0) is 10.5. The molecule has 3 nitrogen and oxygen atoms in total. The average Bonchev–Trinajstić information content (AvgIpc) is 2.86. The molecule has 1 atom stereocenters. The zero-order valence-electron chi connectivity index (χ0n) is 8.76. The van der Waals surface area contributed by atoms with Crippen molar-refractivity contribution in [3.63, 3.8) is 0 Å². The van der Waals surface area contributed by atoms with Gasteiger partial charge in [0.15, 0.2) is 0 Å². The van der Waals surface area contributed by atoms with Gasteiger partial charge in [0.2, 0.25) is 0 Å². The summed E-state index contributed by atoms with van der Waals surface area (Å²) >= 11 is 1.74. The Morgan fingerprint density at radius 3 is 3.20 bits per heavy atom. The highest BCUT2D eigenvalue weighted by molar-refractivity contribution is 7.07. The Morgan fingerprint density at radius 2 is 2.53 bits per heavy atom. The summed E-state index contributed by atoms with van der Waals surface area (Å²) in [6.45, 7) is 4.02. The number of rotatable bonds is 5. The summed E-state index contributed by atoms with van der Waals surface area (Å²) in [7, 11) is 0. The van der Waals surface area contributed by atoms with E-state index in [4.69, 9.17) is 0 Å². The van der Waals surface area contributed by atoms with Gasteiger partial charge in [-0.2, -0.15) is 16.4 Å². The van der Waals surface area contributed by atoms with Crippen LogP contribution >= 0.6 is 11.3 Å². The average molecular weight is 221 g/mol. The van der Waals surface area contributed by atoms with E-state index < -0.39 is 0 Å². The summed E-state index contributed by atoms with van der Waals surface area (Å²) < 4.78 is 1.95. The molecule has 1 N–H and O–H groups in total. The minimum Gasteiger partial charge on any atom is -0.308 e. The fourth-order valence-corrected chi connectivity index (χ4v) is 2.11. The van der Waals surface area contributed by atoms with Gasteiger partial charge in [0, 0.05) is 25.0 Å². The Morgan fingerprint density at radius 1 is 1.60 bits per heavy atom. The van der Waals surface area contributed by atoms with Crippen LogP contribution in [0.4, 0.5) is 0 Å². The number of hydrogen-bond acceptors (Lipinski definition) is 3. The normalized spacial score (nSPS) is 12.9. The number of thiophene rings is 1. The summed E-state index contributed by atoms with van der Waals surface area (Å²) in [5.41, 5.74) is 1.35. The highest BCUT2D eigenvalue weighted by Crippen LogP contribution is 2.05. The van der Waals surface area contributed by atoms with Crippen LogP contribution in [0.25, 0.3) is 0 Å². The lowest BCUT2D eigenvalue weighted by Gasteiger charge is -2.13. The van der Waals surface area contributed by atoms with Crippen LogP contribution in [0.2, 0.25) is 0 Å². The van der Waals surface area contributed by atoms with E-state index in [0.29, 0.717) is 6.04 Å². The number of nitrogens with zero attached hydrogens (tertiary/aromatic N) is 2. The van der Waals surface area contributed by atoms with Crippen LogP contribution in [0.15, 0.2) is 35.3 Å². The molecule has 0 aromatic carbocycles. The Labute approximate surface area is 93.7 Å². The maximum atomic E-state index is 4.18. The highest BCUT2D eigenvalue weighted by atomic mass is 32.1. The first-order chi connectivity index (χ1) is 7.34. The molecule has 0 aliphatic rings. The lowest BCUT2D eigenvalue weighted by Crippen LogP contribution is -2.29. The van der Waals surface area contributed by atoms with Gasteiger partial charge in [-0.3, -0.25) is 4.68 Å². The van der Waals surface area contributed by atoms with Gasteiger partial charge < -0.3 is 5.32 Å². The topological polar surface area (TPSA) is 29.9 Å². The molecule has 0 radical (unpaired) electrons. The van der Waals surface area contributed by atoms with Crippen molar-refractivity contribution in [1.29, 1.82) is 0 Å². The monoisotopic (exact) mass is 221 g/mol. The third-order valence-corrected chi connectivity index (χ3v) is 2.99. The van der Waals surface area contributed by atoms with Crippen molar-refractivity contribution in [2.45, 2.75) is 26.1 Å². The molecule has 80 valence electrons. The van der Waals surface area contributed by atoms with Gasteiger partial charge >= 0.3 is 0 Å². The van der Waals surface area contributed by atoms with Crippen molar-refractivity contribution >= 4 is 11.3 Å². The van der Waals surface area contributed by atoms with Gasteiger partial charge in [-0.25, -0.2) is 0 Å². The molecule has 0 bridgehead atoms. The van der Waals surface area contributed by atoms with Crippen molar-refractivity contribution in [3.05, 3.63) is 40.8 Å². The van der Waals surface area contributed by atoms with Crippen LogP contribution in [0.3, 0.4) is 0 Å². The van der Waals surface area contributed by atoms with Crippen LogP contribution in [0, 0.1) is 0 Å². The van der Waals surface area contributed by atoms with Crippen molar-refractivity contribution in [3.8, 4) is 0 Å². The van der Waals surface area contributed by atoms with Gasteiger partial charge in [0.05, 0.1) is 6.54 Å². The molecule has 0 saturated carbocycles. The molecule has 2 rings (SSSR count). The fourth-order valence-electron chi connectivity index (χ4n) is 1.44. The summed E-state index contributed by atoms with van der Waals surface area (Å²) in [6, 6.07) is 4.54. The molecule has 0 aliphatic heterocycles. The van der Waals surface area contributed by atoms with E-state index in [2.05, 4.69) is 34.2 Å². The van der Waals surface area contributed by atoms with E-state index in [9.17, 15) is 0 Å². The smallest absolute Gasteiger partial charge is 0.0560 e. The molecular weight excluding hydrogens is 206 g/mol. The van der Waals surface area contributed by atoms with E-state index in [1.807, 2.05) is 23.1 Å². The lowest BCUT2D eigenvalue weighted by atomic mass is 10.3. The predicted molar refractivity (Wildman–Crippen MR) is 62.8 cm³/mol. The van der Waals surface area contributed by atoms with Crippen LogP contribution in [0.1, 0.15) is 12.5 Å². The van der Waals surface area contributed by atoms with E-state index in [1.54, 1.807) is 11.3 Å². The molecule has 0 aliphatic carbocycles. The van der Waals surface area contributed by atoms with Crippen LogP contribution in [0.5, 0.6) is 0 Å². The van der Waals surface area contributed by atoms with Crippen molar-refractivity contribution in [2.75, 3.05) is 0 Å². The van der Waals surface area contributed by atoms with Crippen LogP contribution < -0.4 is 5.32 Å². The lowest BCUT2D eigenvalue weighted by molar-refractivity contribution is 0.451. The van der Waals surface area contributed by atoms with Crippen LogP contribution in [-0.4, -0.2) is 15.8 Å². The van der Waals surface area contributed by atoms with E-state index in [-0.39, 0.29) is 0 Å². The van der Waals surface area contributed by atoms with E-state index in [1.165, 1.54) is 5.56 Å². The molecular formula is C11H15N3S. The second kappa shape index (κ2) is 5.09. The molecule has 0 fully saturated rings. The second-order valence-corrected chi connectivity index (χ2v) is 4.42. The molecule has 4 heteroatoms. The summed E-state index contributed by atoms with van der Waals surface area (Å²) in [4.78, 5) is 0. The first-order valence-corrected chi connectivity index (χ1v) is 6.01. The fraction of sp³-hybridized carbons (Fsp3) is 0.364. The van der Waals surface area contributed by atoms with E-state index in [0.717, 1.165) is 13.1 Å². The largest absolute Gasteiger partial charge is 0.308 e. The molecule has 1 unspecified atom stereocenters. The zero-order valence-corrected chi connectivity index (χ0v) is 9.57. The van der Waals surface area contributed by atoms with Crippen LogP contribution in [-0.2, 0) is 13.1 Å². The molecule has 2 aromatic heterocycles. The van der Waals surface area contributed by atoms with Gasteiger partial charge in [0.25, 0.3) is 0 Å². The Hall–Kier alpha value is -1.13. The molecule has 0 amide bonds. The number of hydrogen-bond donors (Lipinski definition) is 1. The molecule has 15 heavy (non-hydrogen) atoms. The number of nitrogens with one attached hydrogen (secondary N) is 1. The Kier molecular flexibility index (Phi) is 3.53. The third kappa shape index (κ3) is 3.18. The standard InChI is InChI=1S/C11H15N3S/c1-10(8-14-5-2-4-13-14)12-7-11-3-6-15-9-11/h2-6,9-10,12H,7-8H2,1H3. The third-order valence-electron chi connectivity index (χ3n) is 2.25. The maximum absolute atomic E-state index is 4.18.